The fraction of sp³-hybridized carbons (Fsp3) is 0.375. The molecule has 7 heteroatoms. The van der Waals surface area contributed by atoms with E-state index in [9.17, 15) is 9.00 Å². The number of carbonyl (C=O) groups excluding carboxylic acids is 1. The molecule has 23 heavy (non-hydrogen) atoms. The molecule has 1 fully saturated rings. The predicted octanol–water partition coefficient (Wildman–Crippen LogP) is 2.25. The van der Waals surface area contributed by atoms with Gasteiger partial charge in [0.05, 0.1) is 10.4 Å². The Morgan fingerprint density at radius 1 is 1.35 bits per heavy atom. The van der Waals surface area contributed by atoms with Gasteiger partial charge in [-0.2, -0.15) is 5.10 Å². The van der Waals surface area contributed by atoms with Crippen LogP contribution in [0.15, 0.2) is 42.7 Å². The zero-order chi connectivity index (χ0) is 16.4. The third kappa shape index (κ3) is 3.44. The Kier molecular flexibility index (Phi) is 4.21. The van der Waals surface area contributed by atoms with Crippen molar-refractivity contribution >= 4 is 22.5 Å². The first-order valence-corrected chi connectivity index (χ1v) is 8.82. The van der Waals surface area contributed by atoms with Crippen LogP contribution in [-0.4, -0.2) is 48.5 Å². The lowest BCUT2D eigenvalue weighted by atomic mass is 10.2. The minimum Gasteiger partial charge on any atom is -0.322 e. The van der Waals surface area contributed by atoms with Gasteiger partial charge >= 0.3 is 6.03 Å². The number of amides is 2. The second-order valence-electron chi connectivity index (χ2n) is 6.16. The largest absolute Gasteiger partial charge is 0.322 e. The Hall–Kier alpha value is -2.15. The molecule has 2 heterocycles. The van der Waals surface area contributed by atoms with E-state index in [0.29, 0.717) is 24.5 Å². The average molecular weight is 332 g/mol. The number of aromatic nitrogens is 2. The van der Waals surface area contributed by atoms with Crippen LogP contribution in [0.5, 0.6) is 0 Å². The molecule has 1 N–H and O–H groups in total. The van der Waals surface area contributed by atoms with Crippen LogP contribution in [-0.2, 0) is 10.8 Å². The molecule has 1 atom stereocenters. The van der Waals surface area contributed by atoms with Crippen LogP contribution in [0.3, 0.4) is 0 Å². The van der Waals surface area contributed by atoms with Crippen LogP contribution in [0.2, 0.25) is 0 Å². The molecule has 0 aliphatic carbocycles. The number of nitrogens with one attached hydrogen (secondary N) is 1. The fourth-order valence-corrected chi connectivity index (χ4v) is 3.84. The van der Waals surface area contributed by atoms with E-state index in [1.54, 1.807) is 15.8 Å². The summed E-state index contributed by atoms with van der Waals surface area (Å²) < 4.78 is 13.3. The van der Waals surface area contributed by atoms with Gasteiger partial charge in [-0.15, -0.1) is 0 Å². The van der Waals surface area contributed by atoms with E-state index in [4.69, 9.17) is 0 Å². The van der Waals surface area contributed by atoms with Gasteiger partial charge in [-0.05, 0) is 38.1 Å². The molecule has 2 amide bonds. The predicted molar refractivity (Wildman–Crippen MR) is 91.2 cm³/mol. The van der Waals surface area contributed by atoms with Crippen LogP contribution in [0, 0.1) is 0 Å². The maximum Gasteiger partial charge on any atom is 0.321 e. The zero-order valence-electron chi connectivity index (χ0n) is 13.2. The highest BCUT2D eigenvalue weighted by atomic mass is 32.2. The molecule has 3 rings (SSSR count). The molecule has 0 saturated carbocycles. The molecule has 6 nitrogen and oxygen atoms in total. The second-order valence-corrected chi connectivity index (χ2v) is 8.37. The van der Waals surface area contributed by atoms with Crippen LogP contribution >= 0.6 is 0 Å². The highest BCUT2D eigenvalue weighted by Crippen LogP contribution is 2.21. The zero-order valence-corrected chi connectivity index (χ0v) is 14.0. The first-order chi connectivity index (χ1) is 11.0. The molecule has 1 aromatic heterocycles. The molecule has 1 aliphatic heterocycles. The van der Waals surface area contributed by atoms with Crippen LogP contribution < -0.4 is 5.32 Å². The number of carbonyl (C=O) groups is 1. The molecule has 0 unspecified atom stereocenters. The Morgan fingerprint density at radius 2 is 2.17 bits per heavy atom. The summed E-state index contributed by atoms with van der Waals surface area (Å²) in [7, 11) is -0.891. The summed E-state index contributed by atoms with van der Waals surface area (Å²) >= 11 is 0. The van der Waals surface area contributed by atoms with Crippen molar-refractivity contribution in [2.75, 3.05) is 24.2 Å². The van der Waals surface area contributed by atoms with E-state index in [0.717, 1.165) is 5.69 Å². The molecular weight excluding hydrogens is 312 g/mol. The smallest absolute Gasteiger partial charge is 0.321 e. The number of nitrogens with zero attached hydrogens (tertiary/aromatic N) is 3. The lowest BCUT2D eigenvalue weighted by molar-refractivity contribution is 0.207. The monoisotopic (exact) mass is 332 g/mol. The van der Waals surface area contributed by atoms with Gasteiger partial charge in [0.15, 0.2) is 0 Å². The van der Waals surface area contributed by atoms with Gasteiger partial charge in [-0.1, -0.05) is 6.07 Å². The van der Waals surface area contributed by atoms with Crippen LogP contribution in [0.25, 0.3) is 5.69 Å². The standard InChI is InChI=1S/C16H20N4O2S/c1-16(2)12-19(9-10-23(16)22)15(21)18-13-5-3-6-14(11-13)20-8-4-7-17-20/h3-8,11H,9-10,12H2,1-2H3,(H,18,21)/t23-/m0/s1. The van der Waals surface area contributed by atoms with Gasteiger partial charge in [0.25, 0.3) is 0 Å². The van der Waals surface area contributed by atoms with Crippen molar-refractivity contribution in [3.05, 3.63) is 42.7 Å². The van der Waals surface area contributed by atoms with Gasteiger partial charge in [-0.3, -0.25) is 4.21 Å². The number of hydrogen-bond donors (Lipinski definition) is 1. The van der Waals surface area contributed by atoms with Crippen molar-refractivity contribution in [2.45, 2.75) is 18.6 Å². The summed E-state index contributed by atoms with van der Waals surface area (Å²) in [6.07, 6.45) is 3.56. The van der Waals surface area contributed by atoms with Crippen molar-refractivity contribution < 1.29 is 9.00 Å². The van der Waals surface area contributed by atoms with E-state index >= 15 is 0 Å². The first-order valence-electron chi connectivity index (χ1n) is 7.50. The summed E-state index contributed by atoms with van der Waals surface area (Å²) in [5, 5.41) is 7.10. The third-order valence-electron chi connectivity index (χ3n) is 3.89. The molecule has 1 saturated heterocycles. The molecule has 1 aliphatic rings. The Balaban J connectivity index is 1.71. The number of benzene rings is 1. The molecule has 1 aromatic carbocycles. The van der Waals surface area contributed by atoms with Crippen molar-refractivity contribution in [3.63, 3.8) is 0 Å². The van der Waals surface area contributed by atoms with Crippen LogP contribution in [0.1, 0.15) is 13.8 Å². The first kappa shape index (κ1) is 15.7. The topological polar surface area (TPSA) is 67.2 Å². The highest BCUT2D eigenvalue weighted by molar-refractivity contribution is 7.86. The van der Waals surface area contributed by atoms with Gasteiger partial charge in [0, 0.05) is 47.7 Å². The van der Waals surface area contributed by atoms with E-state index in [2.05, 4.69) is 10.4 Å². The quantitative estimate of drug-likeness (QED) is 0.917. The van der Waals surface area contributed by atoms with E-state index in [-0.39, 0.29) is 10.8 Å². The number of anilines is 1. The van der Waals surface area contributed by atoms with Crippen LogP contribution in [0.4, 0.5) is 10.5 Å². The summed E-state index contributed by atoms with van der Waals surface area (Å²) in [4.78, 5) is 14.2. The van der Waals surface area contributed by atoms with Gasteiger partial charge in [-0.25, -0.2) is 9.48 Å². The average Bonchev–Trinajstić information content (AvgIpc) is 3.04. The molecular formula is C16H20N4O2S. The van der Waals surface area contributed by atoms with E-state index in [1.165, 1.54) is 0 Å². The van der Waals surface area contributed by atoms with Gasteiger partial charge < -0.3 is 10.2 Å². The van der Waals surface area contributed by atoms with Crippen molar-refractivity contribution in [1.29, 1.82) is 0 Å². The summed E-state index contributed by atoms with van der Waals surface area (Å²) in [6.45, 7) is 4.87. The number of rotatable bonds is 2. The molecule has 2 aromatic rings. The summed E-state index contributed by atoms with van der Waals surface area (Å²) in [5.74, 6) is 0.522. The number of hydrogen-bond acceptors (Lipinski definition) is 3. The Labute approximate surface area is 137 Å². The summed E-state index contributed by atoms with van der Waals surface area (Å²) in [5.41, 5.74) is 1.60. The molecule has 0 spiro atoms. The minimum atomic E-state index is -0.891. The molecule has 0 bridgehead atoms. The van der Waals surface area contributed by atoms with Gasteiger partial charge in [0.1, 0.15) is 0 Å². The lowest BCUT2D eigenvalue weighted by Gasteiger charge is -2.37. The molecule has 122 valence electrons. The van der Waals surface area contributed by atoms with Crippen molar-refractivity contribution in [3.8, 4) is 5.69 Å². The maximum atomic E-state index is 12.5. The summed E-state index contributed by atoms with van der Waals surface area (Å²) in [6, 6.07) is 9.21. The Morgan fingerprint density at radius 3 is 2.87 bits per heavy atom. The van der Waals surface area contributed by atoms with Crippen molar-refractivity contribution in [2.24, 2.45) is 0 Å². The normalized spacial score (nSPS) is 20.3. The highest BCUT2D eigenvalue weighted by Gasteiger charge is 2.35. The van der Waals surface area contributed by atoms with Crippen molar-refractivity contribution in [1.82, 2.24) is 14.7 Å². The van der Waals surface area contributed by atoms with E-state index in [1.807, 2.05) is 50.4 Å². The maximum absolute atomic E-state index is 12.5. The lowest BCUT2D eigenvalue weighted by Crippen LogP contribution is -2.53. The van der Waals surface area contributed by atoms with E-state index < -0.39 is 10.8 Å². The SMILES string of the molecule is CC1(C)CN(C(=O)Nc2cccc(-n3cccn3)c2)CC[S@@]1=O. The fourth-order valence-electron chi connectivity index (χ4n) is 2.60. The minimum absolute atomic E-state index is 0.160. The third-order valence-corrected chi connectivity index (χ3v) is 5.80. The molecule has 0 radical (unpaired) electrons. The Bertz CT molecular complexity index is 727. The second kappa shape index (κ2) is 6.16. The number of urea groups is 1. The van der Waals surface area contributed by atoms with Gasteiger partial charge in [0.2, 0.25) is 0 Å².